The zero-order valence-electron chi connectivity index (χ0n) is 6.64. The van der Waals surface area contributed by atoms with Crippen LogP contribution in [0.3, 0.4) is 0 Å². The number of hydrogen-bond acceptors (Lipinski definition) is 1. The SMILES string of the molecule is CCCCC1(O)CC=CC1. The first kappa shape index (κ1) is 7.80. The molecule has 0 heterocycles. The molecule has 0 saturated carbocycles. The van der Waals surface area contributed by atoms with Crippen molar-refractivity contribution in [3.05, 3.63) is 12.2 Å². The van der Waals surface area contributed by atoms with Gasteiger partial charge in [-0.2, -0.15) is 0 Å². The van der Waals surface area contributed by atoms with Gasteiger partial charge in [0.2, 0.25) is 0 Å². The first-order valence-corrected chi connectivity index (χ1v) is 4.14. The normalized spacial score (nSPS) is 21.8. The molecule has 0 aromatic carbocycles. The highest BCUT2D eigenvalue weighted by Crippen LogP contribution is 2.28. The van der Waals surface area contributed by atoms with Crippen molar-refractivity contribution >= 4 is 0 Å². The van der Waals surface area contributed by atoms with Crippen molar-refractivity contribution < 1.29 is 5.11 Å². The Kier molecular flexibility index (Phi) is 2.50. The Bertz CT molecular complexity index is 119. The molecule has 1 aliphatic rings. The molecule has 0 fully saturated rings. The van der Waals surface area contributed by atoms with Crippen LogP contribution in [0.5, 0.6) is 0 Å². The summed E-state index contributed by atoms with van der Waals surface area (Å²) in [6, 6.07) is 0. The van der Waals surface area contributed by atoms with Crippen molar-refractivity contribution in [3.8, 4) is 0 Å². The first-order valence-electron chi connectivity index (χ1n) is 4.14. The molecule has 0 aliphatic heterocycles. The van der Waals surface area contributed by atoms with Gasteiger partial charge in [-0.25, -0.2) is 0 Å². The van der Waals surface area contributed by atoms with Crippen molar-refractivity contribution in [2.75, 3.05) is 0 Å². The van der Waals surface area contributed by atoms with Gasteiger partial charge in [-0.05, 0) is 19.3 Å². The van der Waals surface area contributed by atoms with Crippen LogP contribution in [-0.2, 0) is 0 Å². The van der Waals surface area contributed by atoms with Crippen LogP contribution in [0.2, 0.25) is 0 Å². The fraction of sp³-hybridized carbons (Fsp3) is 0.778. The fourth-order valence-corrected chi connectivity index (χ4v) is 1.40. The summed E-state index contributed by atoms with van der Waals surface area (Å²) in [7, 11) is 0. The molecule has 1 nitrogen and oxygen atoms in total. The first-order chi connectivity index (χ1) is 4.77. The number of rotatable bonds is 3. The molecule has 0 unspecified atom stereocenters. The van der Waals surface area contributed by atoms with E-state index in [2.05, 4.69) is 19.1 Å². The molecule has 1 N–H and O–H groups in total. The second kappa shape index (κ2) is 3.20. The molecule has 0 aromatic rings. The van der Waals surface area contributed by atoms with Crippen molar-refractivity contribution in [3.63, 3.8) is 0 Å². The van der Waals surface area contributed by atoms with Gasteiger partial charge in [0.1, 0.15) is 0 Å². The molecule has 1 rings (SSSR count). The number of unbranched alkanes of at least 4 members (excludes halogenated alkanes) is 1. The summed E-state index contributed by atoms with van der Waals surface area (Å²) in [6.45, 7) is 2.16. The standard InChI is InChI=1S/C9H16O/c1-2-3-6-9(10)7-4-5-8-9/h4-5,10H,2-3,6-8H2,1H3. The van der Waals surface area contributed by atoms with Crippen LogP contribution in [0.4, 0.5) is 0 Å². The summed E-state index contributed by atoms with van der Waals surface area (Å²) >= 11 is 0. The summed E-state index contributed by atoms with van der Waals surface area (Å²) in [5, 5.41) is 9.76. The monoisotopic (exact) mass is 140 g/mol. The lowest BCUT2D eigenvalue weighted by atomic mass is 9.95. The third-order valence-electron chi connectivity index (χ3n) is 2.16. The minimum Gasteiger partial charge on any atom is -0.389 e. The van der Waals surface area contributed by atoms with Crippen molar-refractivity contribution in [2.45, 2.75) is 44.6 Å². The molecule has 1 aliphatic carbocycles. The third kappa shape index (κ3) is 1.84. The quantitative estimate of drug-likeness (QED) is 0.596. The Morgan fingerprint density at radius 2 is 2.00 bits per heavy atom. The Labute approximate surface area is 62.8 Å². The van der Waals surface area contributed by atoms with E-state index in [0.717, 1.165) is 25.7 Å². The van der Waals surface area contributed by atoms with Crippen molar-refractivity contribution in [1.29, 1.82) is 0 Å². The maximum atomic E-state index is 9.76. The maximum absolute atomic E-state index is 9.76. The molecule has 10 heavy (non-hydrogen) atoms. The van der Waals surface area contributed by atoms with E-state index < -0.39 is 0 Å². The van der Waals surface area contributed by atoms with E-state index in [9.17, 15) is 5.11 Å². The van der Waals surface area contributed by atoms with Gasteiger partial charge in [-0.15, -0.1) is 0 Å². The Morgan fingerprint density at radius 1 is 1.40 bits per heavy atom. The van der Waals surface area contributed by atoms with Crippen LogP contribution in [-0.4, -0.2) is 10.7 Å². The lowest BCUT2D eigenvalue weighted by Crippen LogP contribution is -2.23. The van der Waals surface area contributed by atoms with Crippen LogP contribution in [0.25, 0.3) is 0 Å². The topological polar surface area (TPSA) is 20.2 Å². The molecule has 0 saturated heterocycles. The lowest BCUT2D eigenvalue weighted by Gasteiger charge is -2.21. The Hall–Kier alpha value is -0.300. The molecule has 0 spiro atoms. The van der Waals surface area contributed by atoms with Crippen LogP contribution in [0.1, 0.15) is 39.0 Å². The van der Waals surface area contributed by atoms with Gasteiger partial charge in [0.25, 0.3) is 0 Å². The molecule has 0 atom stereocenters. The average Bonchev–Trinajstić information content (AvgIpc) is 2.33. The maximum Gasteiger partial charge on any atom is 0.0716 e. The van der Waals surface area contributed by atoms with Crippen LogP contribution >= 0.6 is 0 Å². The molecule has 0 radical (unpaired) electrons. The third-order valence-corrected chi connectivity index (χ3v) is 2.16. The van der Waals surface area contributed by atoms with E-state index in [1.807, 2.05) is 0 Å². The van der Waals surface area contributed by atoms with Crippen LogP contribution in [0, 0.1) is 0 Å². The van der Waals surface area contributed by atoms with Crippen molar-refractivity contribution in [1.82, 2.24) is 0 Å². The molecule has 0 bridgehead atoms. The summed E-state index contributed by atoms with van der Waals surface area (Å²) in [5.74, 6) is 0. The number of hydrogen-bond donors (Lipinski definition) is 1. The molecule has 1 heteroatoms. The zero-order valence-corrected chi connectivity index (χ0v) is 6.64. The van der Waals surface area contributed by atoms with Gasteiger partial charge >= 0.3 is 0 Å². The summed E-state index contributed by atoms with van der Waals surface area (Å²) < 4.78 is 0. The predicted molar refractivity (Wildman–Crippen MR) is 42.8 cm³/mol. The van der Waals surface area contributed by atoms with E-state index >= 15 is 0 Å². The highest BCUT2D eigenvalue weighted by molar-refractivity contribution is 5.03. The second-order valence-electron chi connectivity index (χ2n) is 3.21. The average molecular weight is 140 g/mol. The van der Waals surface area contributed by atoms with Gasteiger partial charge in [-0.1, -0.05) is 31.9 Å². The molecular formula is C9H16O. The van der Waals surface area contributed by atoms with E-state index in [4.69, 9.17) is 0 Å². The van der Waals surface area contributed by atoms with E-state index in [1.165, 1.54) is 6.42 Å². The highest BCUT2D eigenvalue weighted by Gasteiger charge is 2.26. The van der Waals surface area contributed by atoms with Crippen LogP contribution < -0.4 is 0 Å². The fourth-order valence-electron chi connectivity index (χ4n) is 1.40. The largest absolute Gasteiger partial charge is 0.389 e. The minimum absolute atomic E-state index is 0.365. The van der Waals surface area contributed by atoms with Crippen molar-refractivity contribution in [2.24, 2.45) is 0 Å². The summed E-state index contributed by atoms with van der Waals surface area (Å²) in [4.78, 5) is 0. The highest BCUT2D eigenvalue weighted by atomic mass is 16.3. The second-order valence-corrected chi connectivity index (χ2v) is 3.21. The van der Waals surface area contributed by atoms with Gasteiger partial charge < -0.3 is 5.11 Å². The molecule has 0 aromatic heterocycles. The minimum atomic E-state index is -0.365. The smallest absolute Gasteiger partial charge is 0.0716 e. The van der Waals surface area contributed by atoms with E-state index in [0.29, 0.717) is 0 Å². The zero-order chi connectivity index (χ0) is 7.45. The van der Waals surface area contributed by atoms with Crippen LogP contribution in [0.15, 0.2) is 12.2 Å². The van der Waals surface area contributed by atoms with Gasteiger partial charge in [0.15, 0.2) is 0 Å². The van der Waals surface area contributed by atoms with E-state index in [1.54, 1.807) is 0 Å². The summed E-state index contributed by atoms with van der Waals surface area (Å²) in [5.41, 5.74) is -0.365. The molecule has 58 valence electrons. The van der Waals surface area contributed by atoms with Gasteiger partial charge in [0.05, 0.1) is 5.60 Å². The van der Waals surface area contributed by atoms with Gasteiger partial charge in [-0.3, -0.25) is 0 Å². The Morgan fingerprint density at radius 3 is 2.50 bits per heavy atom. The molecular weight excluding hydrogens is 124 g/mol. The Balaban J connectivity index is 2.24. The molecule has 0 amide bonds. The number of aliphatic hydroxyl groups is 1. The van der Waals surface area contributed by atoms with E-state index in [-0.39, 0.29) is 5.60 Å². The lowest BCUT2D eigenvalue weighted by molar-refractivity contribution is 0.0426. The predicted octanol–water partition coefficient (Wildman–Crippen LogP) is 2.26. The van der Waals surface area contributed by atoms with Gasteiger partial charge in [0, 0.05) is 0 Å². The summed E-state index contributed by atoms with van der Waals surface area (Å²) in [6.07, 6.45) is 9.20.